The second kappa shape index (κ2) is 11.9. The van der Waals surface area contributed by atoms with Crippen molar-refractivity contribution in [1.29, 1.82) is 5.26 Å². The van der Waals surface area contributed by atoms with Crippen LogP contribution in [0.2, 0.25) is 5.02 Å². The van der Waals surface area contributed by atoms with Crippen LogP contribution in [0.1, 0.15) is 57.1 Å². The van der Waals surface area contributed by atoms with Crippen molar-refractivity contribution in [1.82, 2.24) is 20.2 Å². The smallest absolute Gasteiger partial charge is 0.319 e. The number of benzene rings is 2. The number of halogens is 3. The Morgan fingerprint density at radius 3 is 2.67 bits per heavy atom. The van der Waals surface area contributed by atoms with E-state index in [1.54, 1.807) is 0 Å². The van der Waals surface area contributed by atoms with Crippen molar-refractivity contribution in [2.75, 3.05) is 50.0 Å². The molecule has 4 aliphatic rings. The van der Waals surface area contributed by atoms with E-state index in [0.29, 0.717) is 42.9 Å². The van der Waals surface area contributed by atoms with E-state index in [1.807, 2.05) is 13.8 Å². The molecule has 3 saturated heterocycles. The van der Waals surface area contributed by atoms with Gasteiger partial charge in [-0.2, -0.15) is 15.2 Å². The number of aromatic nitrogens is 2. The number of nitrogens with two attached hydrogens (primary N) is 1. The van der Waals surface area contributed by atoms with Crippen LogP contribution in [-0.4, -0.2) is 65.8 Å². The van der Waals surface area contributed by atoms with Gasteiger partial charge in [-0.3, -0.25) is 4.90 Å². The molecule has 2 aromatic carbocycles. The quantitative estimate of drug-likeness (QED) is 0.238. The molecule has 8 nitrogen and oxygen atoms in total. The Kier molecular flexibility index (Phi) is 8.04. The number of fused-ring (bicyclic) bond motifs is 4. The van der Waals surface area contributed by atoms with Gasteiger partial charge in [0.1, 0.15) is 34.8 Å². The van der Waals surface area contributed by atoms with E-state index in [-0.39, 0.29) is 59.9 Å². The molecular formula is C34H36ClF2N7OS. The van der Waals surface area contributed by atoms with E-state index in [2.05, 4.69) is 27.8 Å². The van der Waals surface area contributed by atoms with Gasteiger partial charge < -0.3 is 20.7 Å². The van der Waals surface area contributed by atoms with Crippen LogP contribution in [0.3, 0.4) is 0 Å². The third-order valence-corrected chi connectivity index (χ3v) is 11.3. The minimum atomic E-state index is -0.688. The number of thiophene rings is 1. The fraction of sp³-hybridized carbons (Fsp3) is 0.441. The third-order valence-electron chi connectivity index (χ3n) is 9.92. The molecule has 12 heteroatoms. The van der Waals surface area contributed by atoms with E-state index in [9.17, 15) is 9.65 Å². The standard InChI is InChI=1S/C32H30ClF2N7OS.C2H6/c1-16-12-17-14-38-8-11-42(17)30-24-21(16)25(33)23(18-4-5-20(34)28-22(18)19(13-36)29(37)44-28)26(35)27(24)39-31(40-30)43-15-32-6-2-9-41(32)10-3-7-32;1-2/h4-5,17,38H,1-3,6-12,14-15,37H2;1-2H3/t17-;/m1./s1. The first kappa shape index (κ1) is 31.1. The summed E-state index contributed by atoms with van der Waals surface area (Å²) in [7, 11) is 0. The summed E-state index contributed by atoms with van der Waals surface area (Å²) in [6.07, 6.45) is 4.93. The fourth-order valence-electron chi connectivity index (χ4n) is 7.89. The molecule has 0 spiro atoms. The van der Waals surface area contributed by atoms with Crippen LogP contribution in [0, 0.1) is 23.0 Å². The van der Waals surface area contributed by atoms with Crippen molar-refractivity contribution in [3.63, 3.8) is 0 Å². The number of anilines is 2. The van der Waals surface area contributed by atoms with Gasteiger partial charge in [-0.15, -0.1) is 11.3 Å². The molecule has 0 bridgehead atoms. The van der Waals surface area contributed by atoms with Crippen LogP contribution in [0.15, 0.2) is 18.7 Å². The lowest BCUT2D eigenvalue weighted by atomic mass is 9.91. The summed E-state index contributed by atoms with van der Waals surface area (Å²) in [5.74, 6) is -0.656. The van der Waals surface area contributed by atoms with Crippen molar-refractivity contribution in [3.05, 3.63) is 46.5 Å². The molecule has 0 saturated carbocycles. The molecule has 1 atom stereocenters. The van der Waals surface area contributed by atoms with Gasteiger partial charge in [-0.05, 0) is 62.4 Å². The Morgan fingerprint density at radius 1 is 1.17 bits per heavy atom. The Hall–Kier alpha value is -3.56. The van der Waals surface area contributed by atoms with Gasteiger partial charge in [0.25, 0.3) is 0 Å². The number of piperazine rings is 1. The largest absolute Gasteiger partial charge is 0.461 e. The van der Waals surface area contributed by atoms with Crippen LogP contribution in [0.4, 0.5) is 19.6 Å². The molecule has 0 amide bonds. The zero-order valence-corrected chi connectivity index (χ0v) is 27.6. The first-order valence-corrected chi connectivity index (χ1v) is 17.2. The first-order valence-electron chi connectivity index (χ1n) is 16.0. The second-order valence-corrected chi connectivity index (χ2v) is 13.7. The molecule has 0 aliphatic carbocycles. The number of nitrogens with one attached hydrogen (secondary N) is 1. The van der Waals surface area contributed by atoms with Crippen molar-refractivity contribution >= 4 is 60.3 Å². The van der Waals surface area contributed by atoms with Gasteiger partial charge in [0.2, 0.25) is 0 Å². The summed E-state index contributed by atoms with van der Waals surface area (Å²) in [5, 5.41) is 14.4. The minimum absolute atomic E-state index is 0.0234. The SMILES string of the molecule is C=C1C[C@@H]2CNCCN2c2nc(OCC34CCCN3CCC4)nc3c(F)c(-c4ccc(F)c5sc(N)c(C#N)c45)c(Cl)c1c23.CC. The van der Waals surface area contributed by atoms with Crippen molar-refractivity contribution in [2.45, 2.75) is 57.5 Å². The molecule has 8 rings (SSSR count). The first-order chi connectivity index (χ1) is 22.3. The molecule has 240 valence electrons. The lowest BCUT2D eigenvalue weighted by Gasteiger charge is -2.36. The second-order valence-electron chi connectivity index (χ2n) is 12.2. The molecular weight excluding hydrogens is 628 g/mol. The van der Waals surface area contributed by atoms with E-state index >= 15 is 4.39 Å². The van der Waals surface area contributed by atoms with Gasteiger partial charge in [-0.25, -0.2) is 8.78 Å². The highest BCUT2D eigenvalue weighted by molar-refractivity contribution is 7.23. The molecule has 6 heterocycles. The zero-order chi connectivity index (χ0) is 32.3. The zero-order valence-electron chi connectivity index (χ0n) is 26.0. The van der Waals surface area contributed by atoms with E-state index in [4.69, 9.17) is 32.0 Å². The summed E-state index contributed by atoms with van der Waals surface area (Å²) >= 11 is 8.11. The van der Waals surface area contributed by atoms with Crippen molar-refractivity contribution < 1.29 is 13.5 Å². The highest BCUT2D eigenvalue weighted by atomic mass is 35.5. The normalized spacial score (nSPS) is 20.2. The average molecular weight is 664 g/mol. The number of nitriles is 1. The Balaban J connectivity index is 0.00000166. The van der Waals surface area contributed by atoms with Gasteiger partial charge >= 0.3 is 6.01 Å². The predicted molar refractivity (Wildman–Crippen MR) is 182 cm³/mol. The Bertz CT molecular complexity index is 1930. The molecule has 46 heavy (non-hydrogen) atoms. The monoisotopic (exact) mass is 663 g/mol. The summed E-state index contributed by atoms with van der Waals surface area (Å²) in [4.78, 5) is 14.3. The van der Waals surface area contributed by atoms with Crippen LogP contribution < -0.4 is 20.7 Å². The van der Waals surface area contributed by atoms with Crippen LogP contribution in [0.5, 0.6) is 6.01 Å². The molecule has 4 aliphatic heterocycles. The molecule has 0 radical (unpaired) electrons. The molecule has 2 aromatic heterocycles. The highest BCUT2D eigenvalue weighted by Crippen LogP contribution is 2.50. The van der Waals surface area contributed by atoms with Gasteiger partial charge in [0.05, 0.1) is 26.2 Å². The van der Waals surface area contributed by atoms with Crippen molar-refractivity contribution in [3.8, 4) is 23.2 Å². The maximum absolute atomic E-state index is 17.1. The summed E-state index contributed by atoms with van der Waals surface area (Å²) in [5.41, 5.74) is 7.82. The number of hydrogen-bond donors (Lipinski definition) is 2. The number of nitrogen functional groups attached to an aromatic ring is 1. The Labute approximate surface area is 275 Å². The lowest BCUT2D eigenvalue weighted by molar-refractivity contribution is 0.108. The van der Waals surface area contributed by atoms with Crippen LogP contribution in [-0.2, 0) is 0 Å². The number of nitrogens with zero attached hydrogens (tertiary/aromatic N) is 5. The molecule has 3 fully saturated rings. The van der Waals surface area contributed by atoms with Gasteiger partial charge in [0, 0.05) is 42.2 Å². The van der Waals surface area contributed by atoms with Gasteiger partial charge in [0.15, 0.2) is 5.82 Å². The highest BCUT2D eigenvalue weighted by Gasteiger charge is 2.45. The molecule has 4 aromatic rings. The number of rotatable bonds is 4. The molecule has 0 unspecified atom stereocenters. The minimum Gasteiger partial charge on any atom is -0.461 e. The van der Waals surface area contributed by atoms with Gasteiger partial charge in [-0.1, -0.05) is 38.1 Å². The summed E-state index contributed by atoms with van der Waals surface area (Å²) in [6, 6.07) is 4.92. The summed E-state index contributed by atoms with van der Waals surface area (Å²) in [6.45, 7) is 13.1. The summed E-state index contributed by atoms with van der Waals surface area (Å²) < 4.78 is 38.6. The van der Waals surface area contributed by atoms with Crippen LogP contribution in [0.25, 0.3) is 37.7 Å². The predicted octanol–water partition coefficient (Wildman–Crippen LogP) is 7.13. The van der Waals surface area contributed by atoms with E-state index in [1.165, 1.54) is 12.1 Å². The Morgan fingerprint density at radius 2 is 1.93 bits per heavy atom. The topological polar surface area (TPSA) is 103 Å². The van der Waals surface area contributed by atoms with E-state index < -0.39 is 11.6 Å². The number of ether oxygens (including phenoxy) is 1. The van der Waals surface area contributed by atoms with Crippen molar-refractivity contribution in [2.24, 2.45) is 0 Å². The van der Waals surface area contributed by atoms with E-state index in [0.717, 1.165) is 62.2 Å². The third kappa shape index (κ3) is 4.64. The van der Waals surface area contributed by atoms with Crippen LogP contribution >= 0.6 is 22.9 Å². The fourth-order valence-corrected chi connectivity index (χ4v) is 9.25. The molecule has 3 N–H and O–H groups in total. The maximum Gasteiger partial charge on any atom is 0.319 e. The lowest BCUT2D eigenvalue weighted by Crippen LogP contribution is -2.51. The maximum atomic E-state index is 17.1. The average Bonchev–Trinajstić information content (AvgIpc) is 3.72. The number of hydrogen-bond acceptors (Lipinski definition) is 9.